The van der Waals surface area contributed by atoms with Crippen molar-refractivity contribution >= 4 is 17.3 Å². The van der Waals surface area contributed by atoms with Crippen molar-refractivity contribution in [2.24, 2.45) is 0 Å². The predicted octanol–water partition coefficient (Wildman–Crippen LogP) is 3.30. The van der Waals surface area contributed by atoms with Crippen LogP contribution in [0.4, 0.5) is 17.3 Å². The molecule has 3 N–H and O–H groups in total. The van der Waals surface area contributed by atoms with E-state index >= 15 is 0 Å². The van der Waals surface area contributed by atoms with Gasteiger partial charge in [-0.1, -0.05) is 0 Å². The van der Waals surface area contributed by atoms with Crippen LogP contribution in [0.15, 0.2) is 55.0 Å². The molecule has 6 nitrogen and oxygen atoms in total. The second-order valence-electron chi connectivity index (χ2n) is 4.71. The summed E-state index contributed by atoms with van der Waals surface area (Å²) in [6.45, 7) is 1.94. The molecule has 0 unspecified atom stereocenters. The summed E-state index contributed by atoms with van der Waals surface area (Å²) < 4.78 is 5.73. The maximum absolute atomic E-state index is 5.73. The van der Waals surface area contributed by atoms with Gasteiger partial charge in [-0.2, -0.15) is 0 Å². The predicted molar refractivity (Wildman–Crippen MR) is 85.2 cm³/mol. The van der Waals surface area contributed by atoms with E-state index in [0.29, 0.717) is 23.1 Å². The monoisotopic (exact) mass is 293 g/mol. The Hall–Kier alpha value is -3.15. The van der Waals surface area contributed by atoms with Gasteiger partial charge in [0.25, 0.3) is 0 Å². The smallest absolute Gasteiger partial charge is 0.145 e. The fourth-order valence-corrected chi connectivity index (χ4v) is 1.90. The van der Waals surface area contributed by atoms with Crippen LogP contribution >= 0.6 is 0 Å². The Labute approximate surface area is 128 Å². The molecule has 3 aromatic heterocycles. The Morgan fingerprint density at radius 3 is 2.59 bits per heavy atom. The standard InChI is InChI=1S/C16H15N5O/c1-11-8-12(4-6-18-11)21-16-9-13(5-7-19-16)22-14-2-3-15(17)20-10-14/h2-10H,1H3,(H2,17,20)(H,18,19,21). The van der Waals surface area contributed by atoms with Gasteiger partial charge in [-0.3, -0.25) is 4.98 Å². The molecule has 0 bridgehead atoms. The SMILES string of the molecule is Cc1cc(Nc2cc(Oc3ccc(N)nc3)ccn2)ccn1. The summed E-state index contributed by atoms with van der Waals surface area (Å²) in [6, 6.07) is 10.9. The highest BCUT2D eigenvalue weighted by atomic mass is 16.5. The van der Waals surface area contributed by atoms with Crippen LogP contribution in [-0.4, -0.2) is 15.0 Å². The van der Waals surface area contributed by atoms with Crippen LogP contribution in [0.5, 0.6) is 11.5 Å². The molecule has 0 amide bonds. The fourth-order valence-electron chi connectivity index (χ4n) is 1.90. The molecule has 22 heavy (non-hydrogen) atoms. The van der Waals surface area contributed by atoms with Crippen LogP contribution in [0.25, 0.3) is 0 Å². The van der Waals surface area contributed by atoms with E-state index < -0.39 is 0 Å². The highest BCUT2D eigenvalue weighted by Gasteiger charge is 2.02. The van der Waals surface area contributed by atoms with Crippen LogP contribution in [-0.2, 0) is 0 Å². The van der Waals surface area contributed by atoms with Gasteiger partial charge in [0.05, 0.1) is 6.20 Å². The maximum atomic E-state index is 5.73. The average molecular weight is 293 g/mol. The van der Waals surface area contributed by atoms with E-state index in [2.05, 4.69) is 20.3 Å². The van der Waals surface area contributed by atoms with Crippen LogP contribution in [0.2, 0.25) is 0 Å². The molecule has 3 heterocycles. The van der Waals surface area contributed by atoms with Gasteiger partial charge in [-0.25, -0.2) is 9.97 Å². The third-order valence-corrected chi connectivity index (χ3v) is 2.90. The van der Waals surface area contributed by atoms with Gasteiger partial charge in [0.2, 0.25) is 0 Å². The van der Waals surface area contributed by atoms with Gasteiger partial charge in [0.1, 0.15) is 23.1 Å². The first-order valence-electron chi connectivity index (χ1n) is 6.74. The molecular weight excluding hydrogens is 278 g/mol. The van der Waals surface area contributed by atoms with Gasteiger partial charge >= 0.3 is 0 Å². The zero-order chi connectivity index (χ0) is 15.4. The lowest BCUT2D eigenvalue weighted by Crippen LogP contribution is -1.95. The maximum Gasteiger partial charge on any atom is 0.145 e. The Morgan fingerprint density at radius 2 is 1.82 bits per heavy atom. The van der Waals surface area contributed by atoms with Gasteiger partial charge in [0, 0.05) is 29.8 Å². The van der Waals surface area contributed by atoms with Crippen LogP contribution in [0.1, 0.15) is 5.69 Å². The molecule has 0 aliphatic rings. The second kappa shape index (κ2) is 6.09. The van der Waals surface area contributed by atoms with E-state index in [-0.39, 0.29) is 0 Å². The summed E-state index contributed by atoms with van der Waals surface area (Å²) >= 11 is 0. The second-order valence-corrected chi connectivity index (χ2v) is 4.71. The van der Waals surface area contributed by atoms with Crippen molar-refractivity contribution in [2.45, 2.75) is 6.92 Å². The van der Waals surface area contributed by atoms with Crippen molar-refractivity contribution in [3.63, 3.8) is 0 Å². The van der Waals surface area contributed by atoms with Crippen LogP contribution < -0.4 is 15.8 Å². The molecule has 0 fully saturated rings. The first-order valence-corrected chi connectivity index (χ1v) is 6.74. The minimum absolute atomic E-state index is 0.456. The van der Waals surface area contributed by atoms with Crippen molar-refractivity contribution in [1.82, 2.24) is 15.0 Å². The van der Waals surface area contributed by atoms with Crippen molar-refractivity contribution in [3.05, 3.63) is 60.7 Å². The zero-order valence-electron chi connectivity index (χ0n) is 12.0. The van der Waals surface area contributed by atoms with E-state index in [1.165, 1.54) is 0 Å². The number of nitrogens with zero attached hydrogens (tertiary/aromatic N) is 3. The lowest BCUT2D eigenvalue weighted by molar-refractivity contribution is 0.480. The topological polar surface area (TPSA) is 86.0 Å². The quantitative estimate of drug-likeness (QED) is 0.767. The minimum atomic E-state index is 0.456. The highest BCUT2D eigenvalue weighted by molar-refractivity contribution is 5.57. The van der Waals surface area contributed by atoms with Crippen molar-refractivity contribution < 1.29 is 4.74 Å². The normalized spacial score (nSPS) is 10.2. The number of hydrogen-bond acceptors (Lipinski definition) is 6. The minimum Gasteiger partial charge on any atom is -0.456 e. The Bertz CT molecular complexity index is 773. The Morgan fingerprint density at radius 1 is 0.955 bits per heavy atom. The summed E-state index contributed by atoms with van der Waals surface area (Å²) in [5.74, 6) is 2.42. The molecule has 0 aliphatic carbocycles. The molecule has 6 heteroatoms. The van der Waals surface area contributed by atoms with Crippen molar-refractivity contribution in [2.75, 3.05) is 11.1 Å². The van der Waals surface area contributed by atoms with E-state index in [9.17, 15) is 0 Å². The van der Waals surface area contributed by atoms with E-state index in [1.807, 2.05) is 25.1 Å². The summed E-state index contributed by atoms with van der Waals surface area (Å²) in [6.07, 6.45) is 5.00. The molecule has 0 spiro atoms. The number of aryl methyl sites for hydroxylation is 1. The number of nitrogens with two attached hydrogens (primary N) is 1. The first kappa shape index (κ1) is 13.8. The number of nitrogen functional groups attached to an aromatic ring is 1. The van der Waals surface area contributed by atoms with Crippen molar-refractivity contribution in [1.29, 1.82) is 0 Å². The molecular formula is C16H15N5O. The van der Waals surface area contributed by atoms with Crippen LogP contribution in [0, 0.1) is 6.92 Å². The molecule has 0 saturated carbocycles. The largest absolute Gasteiger partial charge is 0.456 e. The lowest BCUT2D eigenvalue weighted by atomic mass is 10.3. The molecule has 0 atom stereocenters. The fraction of sp³-hybridized carbons (Fsp3) is 0.0625. The van der Waals surface area contributed by atoms with E-state index in [4.69, 9.17) is 10.5 Å². The average Bonchev–Trinajstić information content (AvgIpc) is 2.50. The Balaban J connectivity index is 1.76. The van der Waals surface area contributed by atoms with Gasteiger partial charge in [-0.15, -0.1) is 0 Å². The summed E-state index contributed by atoms with van der Waals surface area (Å²) in [5.41, 5.74) is 7.41. The molecule has 0 saturated heterocycles. The van der Waals surface area contributed by atoms with Gasteiger partial charge < -0.3 is 15.8 Å². The summed E-state index contributed by atoms with van der Waals surface area (Å²) in [7, 11) is 0. The first-order chi connectivity index (χ1) is 10.7. The number of anilines is 3. The van der Waals surface area contributed by atoms with E-state index in [0.717, 1.165) is 11.4 Å². The third kappa shape index (κ3) is 3.49. The molecule has 3 rings (SSSR count). The summed E-state index contributed by atoms with van der Waals surface area (Å²) in [5, 5.41) is 3.21. The number of pyridine rings is 3. The number of hydrogen-bond donors (Lipinski definition) is 2. The Kier molecular flexibility index (Phi) is 3.82. The number of aromatic nitrogens is 3. The molecule has 0 aromatic carbocycles. The van der Waals surface area contributed by atoms with Gasteiger partial charge in [-0.05, 0) is 37.3 Å². The summed E-state index contributed by atoms with van der Waals surface area (Å²) in [4.78, 5) is 12.4. The highest BCUT2D eigenvalue weighted by Crippen LogP contribution is 2.24. The van der Waals surface area contributed by atoms with E-state index in [1.54, 1.807) is 36.8 Å². The zero-order valence-corrected chi connectivity index (χ0v) is 12.0. The number of rotatable bonds is 4. The number of ether oxygens (including phenoxy) is 1. The lowest BCUT2D eigenvalue weighted by Gasteiger charge is -2.09. The molecule has 0 aliphatic heterocycles. The molecule has 110 valence electrons. The van der Waals surface area contributed by atoms with Crippen molar-refractivity contribution in [3.8, 4) is 11.5 Å². The molecule has 0 radical (unpaired) electrons. The van der Waals surface area contributed by atoms with Crippen LogP contribution in [0.3, 0.4) is 0 Å². The number of nitrogens with one attached hydrogen (secondary N) is 1. The van der Waals surface area contributed by atoms with Gasteiger partial charge in [0.15, 0.2) is 0 Å². The third-order valence-electron chi connectivity index (χ3n) is 2.90. The molecule has 3 aromatic rings.